The van der Waals surface area contributed by atoms with Crippen molar-refractivity contribution in [3.63, 3.8) is 0 Å². The average Bonchev–Trinajstić information content (AvgIpc) is 2.90. The lowest BCUT2D eigenvalue weighted by molar-refractivity contribution is -0.122. The van der Waals surface area contributed by atoms with Gasteiger partial charge in [-0.05, 0) is 38.8 Å². The van der Waals surface area contributed by atoms with Gasteiger partial charge in [-0.15, -0.1) is 0 Å². The Balaban J connectivity index is 1.53. The van der Waals surface area contributed by atoms with Crippen LogP contribution in [0, 0.1) is 6.92 Å². The lowest BCUT2D eigenvalue weighted by Gasteiger charge is -2.31. The molecular formula is C18H24BN3O4. The molecule has 2 aromatic rings. The summed E-state index contributed by atoms with van der Waals surface area (Å²) in [7, 11) is -1.08. The van der Waals surface area contributed by atoms with E-state index < -0.39 is 13.1 Å². The second-order valence-electron chi connectivity index (χ2n) is 6.86. The van der Waals surface area contributed by atoms with Crippen molar-refractivity contribution in [2.75, 3.05) is 0 Å². The van der Waals surface area contributed by atoms with E-state index in [1.807, 2.05) is 35.8 Å². The highest BCUT2D eigenvalue weighted by molar-refractivity contribution is 6.45. The molecule has 0 unspecified atom stereocenters. The molecule has 0 aliphatic carbocycles. The number of hydrogen-bond acceptors (Lipinski definition) is 5. The number of aromatic nitrogens is 2. The predicted molar refractivity (Wildman–Crippen MR) is 98.4 cm³/mol. The third kappa shape index (κ3) is 4.31. The number of nitrogens with zero attached hydrogens (tertiary/aromatic N) is 2. The van der Waals surface area contributed by atoms with Crippen LogP contribution in [0.15, 0.2) is 24.3 Å². The number of carbonyl (C=O) groups excluding carboxylic acids is 2. The molecule has 0 spiro atoms. The number of benzene rings is 1. The van der Waals surface area contributed by atoms with Crippen LogP contribution in [0.3, 0.4) is 0 Å². The highest BCUT2D eigenvalue weighted by atomic mass is 16.5. The van der Waals surface area contributed by atoms with E-state index in [9.17, 15) is 14.6 Å². The van der Waals surface area contributed by atoms with Gasteiger partial charge in [-0.3, -0.25) is 9.59 Å². The molecule has 8 heteroatoms. The van der Waals surface area contributed by atoms with Crippen molar-refractivity contribution in [2.45, 2.75) is 58.1 Å². The zero-order chi connectivity index (χ0) is 18.7. The number of fused-ring (bicyclic) bond motifs is 1. The maximum atomic E-state index is 12.3. The van der Waals surface area contributed by atoms with E-state index in [1.54, 1.807) is 0 Å². The minimum absolute atomic E-state index is 0.0348. The van der Waals surface area contributed by atoms with Crippen molar-refractivity contribution < 1.29 is 19.3 Å². The first kappa shape index (κ1) is 18.6. The first-order valence-corrected chi connectivity index (χ1v) is 8.98. The van der Waals surface area contributed by atoms with Crippen molar-refractivity contribution in [1.82, 2.24) is 14.9 Å². The number of ketones is 1. The fourth-order valence-electron chi connectivity index (χ4n) is 3.45. The van der Waals surface area contributed by atoms with Crippen LogP contribution in [0.5, 0.6) is 0 Å². The molecule has 0 radical (unpaired) electrons. The summed E-state index contributed by atoms with van der Waals surface area (Å²) in [6.07, 6.45) is 1.56. The molecule has 1 aromatic carbocycles. The lowest BCUT2D eigenvalue weighted by Crippen LogP contribution is -2.53. The Hall–Kier alpha value is -2.19. The largest absolute Gasteiger partial charge is 0.478 e. The van der Waals surface area contributed by atoms with E-state index >= 15 is 0 Å². The smallest absolute Gasteiger partial charge is 0.426 e. The summed E-state index contributed by atoms with van der Waals surface area (Å²) < 4.78 is 7.46. The van der Waals surface area contributed by atoms with Crippen molar-refractivity contribution in [3.05, 3.63) is 30.1 Å². The van der Waals surface area contributed by atoms with Crippen LogP contribution in [0.25, 0.3) is 11.0 Å². The summed E-state index contributed by atoms with van der Waals surface area (Å²) in [6.45, 7) is 3.95. The molecule has 2 atom stereocenters. The third-order valence-corrected chi connectivity index (χ3v) is 4.75. The Labute approximate surface area is 152 Å². The Morgan fingerprint density at radius 1 is 1.38 bits per heavy atom. The number of Topliss-reactive ketones (excluding diaryl/α,β-unsaturated/α-hetero) is 1. The predicted octanol–water partition coefficient (Wildman–Crippen LogP) is 1.40. The van der Waals surface area contributed by atoms with E-state index in [4.69, 9.17) is 4.65 Å². The van der Waals surface area contributed by atoms with E-state index in [0.717, 1.165) is 16.9 Å². The summed E-state index contributed by atoms with van der Waals surface area (Å²) in [5.74, 6) is 0.325. The van der Waals surface area contributed by atoms with E-state index in [2.05, 4.69) is 10.3 Å². The number of hydrogen-bond donors (Lipinski definition) is 2. The van der Waals surface area contributed by atoms with Gasteiger partial charge in [0.2, 0.25) is 5.91 Å². The van der Waals surface area contributed by atoms with Gasteiger partial charge in [0.05, 0.1) is 17.0 Å². The lowest BCUT2D eigenvalue weighted by atomic mass is 9.72. The number of amides is 1. The molecular weight excluding hydrogens is 333 g/mol. The van der Waals surface area contributed by atoms with Gasteiger partial charge < -0.3 is 19.6 Å². The summed E-state index contributed by atoms with van der Waals surface area (Å²) in [5, 5.41) is 12.9. The van der Waals surface area contributed by atoms with Crippen molar-refractivity contribution in [3.8, 4) is 0 Å². The van der Waals surface area contributed by atoms with Crippen LogP contribution < -0.4 is 5.32 Å². The van der Waals surface area contributed by atoms with Gasteiger partial charge in [0, 0.05) is 25.5 Å². The van der Waals surface area contributed by atoms with Gasteiger partial charge in [-0.2, -0.15) is 0 Å². The third-order valence-electron chi connectivity index (χ3n) is 4.75. The molecule has 1 saturated heterocycles. The van der Waals surface area contributed by atoms with Crippen LogP contribution in [-0.2, 0) is 20.8 Å². The SMILES string of the molecule is CC(=O)C[C@@H]1CC[C@H](NC(=O)CCn2c(C)nc3ccccc32)B(O)O1. The van der Waals surface area contributed by atoms with E-state index in [0.29, 0.717) is 32.2 Å². The van der Waals surface area contributed by atoms with Crippen LogP contribution >= 0.6 is 0 Å². The van der Waals surface area contributed by atoms with E-state index in [1.165, 1.54) is 6.92 Å². The maximum Gasteiger partial charge on any atom is 0.478 e. The normalized spacial score (nSPS) is 20.3. The summed E-state index contributed by atoms with van der Waals surface area (Å²) >= 11 is 0. The molecule has 1 fully saturated rings. The molecule has 1 aliphatic rings. The second kappa shape index (κ2) is 8.01. The van der Waals surface area contributed by atoms with Gasteiger partial charge in [-0.1, -0.05) is 12.1 Å². The first-order valence-electron chi connectivity index (χ1n) is 8.98. The fourth-order valence-corrected chi connectivity index (χ4v) is 3.45. The molecule has 3 rings (SSSR count). The Bertz CT molecular complexity index is 807. The monoisotopic (exact) mass is 357 g/mol. The molecule has 1 aliphatic heterocycles. The number of carbonyl (C=O) groups is 2. The average molecular weight is 357 g/mol. The van der Waals surface area contributed by atoms with Gasteiger partial charge >= 0.3 is 7.12 Å². The molecule has 26 heavy (non-hydrogen) atoms. The number of nitrogens with one attached hydrogen (secondary N) is 1. The van der Waals surface area contributed by atoms with Crippen LogP contribution in [0.4, 0.5) is 0 Å². The topological polar surface area (TPSA) is 93.5 Å². The molecule has 1 amide bonds. The minimum Gasteiger partial charge on any atom is -0.426 e. The molecule has 2 heterocycles. The van der Waals surface area contributed by atoms with Gasteiger partial charge in [-0.25, -0.2) is 4.98 Å². The molecule has 138 valence electrons. The Morgan fingerprint density at radius 2 is 2.15 bits per heavy atom. The van der Waals surface area contributed by atoms with Gasteiger partial charge in [0.25, 0.3) is 0 Å². The fraction of sp³-hybridized carbons (Fsp3) is 0.500. The van der Waals surface area contributed by atoms with Crippen LogP contribution in [-0.4, -0.2) is 45.4 Å². The number of imidazole rings is 1. The van der Waals surface area contributed by atoms with Crippen molar-refractivity contribution in [2.24, 2.45) is 0 Å². The van der Waals surface area contributed by atoms with E-state index in [-0.39, 0.29) is 17.8 Å². The summed E-state index contributed by atoms with van der Waals surface area (Å²) in [5.41, 5.74) is 1.92. The molecule has 7 nitrogen and oxygen atoms in total. The zero-order valence-corrected chi connectivity index (χ0v) is 15.1. The Morgan fingerprint density at radius 3 is 2.88 bits per heavy atom. The van der Waals surface area contributed by atoms with Crippen molar-refractivity contribution >= 4 is 29.8 Å². The standard InChI is InChI=1S/C18H24BN3O4/c1-12(23)11-14-7-8-17(19(25)26-14)21-18(24)9-10-22-13(2)20-15-5-3-4-6-16(15)22/h3-6,14,17,25H,7-11H2,1-2H3,(H,21,24)/t14-,17-/m0/s1. The minimum atomic E-state index is -1.08. The molecule has 0 saturated carbocycles. The number of rotatable bonds is 6. The molecule has 2 N–H and O–H groups in total. The number of aryl methyl sites for hydroxylation is 2. The maximum absolute atomic E-state index is 12.3. The van der Waals surface area contributed by atoms with Crippen LogP contribution in [0.2, 0.25) is 0 Å². The summed E-state index contributed by atoms with van der Waals surface area (Å²) in [4.78, 5) is 27.9. The first-order chi connectivity index (χ1) is 12.4. The highest BCUT2D eigenvalue weighted by Gasteiger charge is 2.36. The van der Waals surface area contributed by atoms with Crippen LogP contribution in [0.1, 0.15) is 38.4 Å². The zero-order valence-electron chi connectivity index (χ0n) is 15.1. The quantitative estimate of drug-likeness (QED) is 0.763. The number of para-hydroxylation sites is 2. The summed E-state index contributed by atoms with van der Waals surface area (Å²) in [6, 6.07) is 7.83. The molecule has 0 bridgehead atoms. The van der Waals surface area contributed by atoms with Crippen molar-refractivity contribution in [1.29, 1.82) is 0 Å². The highest BCUT2D eigenvalue weighted by Crippen LogP contribution is 2.19. The molecule has 1 aromatic heterocycles. The Kier molecular flexibility index (Phi) is 5.73. The van der Waals surface area contributed by atoms with Gasteiger partial charge in [0.1, 0.15) is 11.6 Å². The second-order valence-corrected chi connectivity index (χ2v) is 6.86. The van der Waals surface area contributed by atoms with Gasteiger partial charge in [0.15, 0.2) is 0 Å².